The minimum atomic E-state index is -0.477. The van der Waals surface area contributed by atoms with E-state index in [0.717, 1.165) is 0 Å². The Bertz CT molecular complexity index is 988. The lowest BCUT2D eigenvalue weighted by Crippen LogP contribution is -2.30. The van der Waals surface area contributed by atoms with Crippen LogP contribution in [0.15, 0.2) is 53.6 Å². The highest BCUT2D eigenvalue weighted by Crippen LogP contribution is 2.21. The van der Waals surface area contributed by atoms with Gasteiger partial charge in [0.25, 0.3) is 11.5 Å². The number of anilines is 1. The molecule has 0 bridgehead atoms. The smallest absolute Gasteiger partial charge is 0.268 e. The van der Waals surface area contributed by atoms with Gasteiger partial charge in [0.2, 0.25) is 0 Å². The van der Waals surface area contributed by atoms with Gasteiger partial charge in [-0.25, -0.2) is 0 Å². The summed E-state index contributed by atoms with van der Waals surface area (Å²) in [6.07, 6.45) is 3.21. The van der Waals surface area contributed by atoms with E-state index in [2.05, 4.69) is 10.4 Å². The third-order valence-corrected chi connectivity index (χ3v) is 3.93. The van der Waals surface area contributed by atoms with Crippen molar-refractivity contribution in [2.45, 2.75) is 6.92 Å². The first-order valence-corrected chi connectivity index (χ1v) is 7.68. The molecule has 1 N–H and O–H groups in total. The van der Waals surface area contributed by atoms with Gasteiger partial charge in [-0.15, -0.1) is 0 Å². The highest BCUT2D eigenvalue weighted by atomic mass is 16.5. The van der Waals surface area contributed by atoms with E-state index in [1.807, 2.05) is 6.07 Å². The van der Waals surface area contributed by atoms with Crippen LogP contribution in [0.1, 0.15) is 15.9 Å². The number of methoxy groups -OCH3 is 1. The Kier molecular flexibility index (Phi) is 4.38. The molecule has 0 aliphatic heterocycles. The number of benzene rings is 1. The minimum absolute atomic E-state index is 0.0783. The van der Waals surface area contributed by atoms with Gasteiger partial charge >= 0.3 is 0 Å². The molecule has 7 heteroatoms. The Labute approximate surface area is 144 Å². The largest absolute Gasteiger partial charge is 0.495 e. The molecule has 0 saturated heterocycles. The van der Waals surface area contributed by atoms with E-state index in [4.69, 9.17) is 4.74 Å². The van der Waals surface area contributed by atoms with Crippen LogP contribution in [0.4, 0.5) is 5.82 Å². The first-order valence-electron chi connectivity index (χ1n) is 7.68. The van der Waals surface area contributed by atoms with E-state index in [9.17, 15) is 9.59 Å². The summed E-state index contributed by atoms with van der Waals surface area (Å²) < 4.78 is 8.24. The molecular formula is C18H18N4O3. The van der Waals surface area contributed by atoms with Crippen LogP contribution in [0.5, 0.6) is 5.75 Å². The maximum absolute atomic E-state index is 12.9. The van der Waals surface area contributed by atoms with E-state index >= 15 is 0 Å². The Hall–Kier alpha value is -3.35. The van der Waals surface area contributed by atoms with Crippen LogP contribution in [0.2, 0.25) is 0 Å². The highest BCUT2D eigenvalue weighted by molar-refractivity contribution is 6.04. The Morgan fingerprint density at radius 1 is 1.20 bits per heavy atom. The normalized spacial score (nSPS) is 10.5. The first-order chi connectivity index (χ1) is 12.0. The number of hydrogen-bond acceptors (Lipinski definition) is 4. The molecular weight excluding hydrogens is 320 g/mol. The standard InChI is InChI=1S/C18H18N4O3/c1-12-9-11-22(13-6-4-5-7-14(13)25-3)18(24)16(12)17(23)20-15-8-10-19-21(15)2/h4-11H,1-3H3,(H,20,23). The lowest BCUT2D eigenvalue weighted by Gasteiger charge is -2.13. The van der Waals surface area contributed by atoms with E-state index in [0.29, 0.717) is 22.8 Å². The molecule has 0 aliphatic rings. The number of carbonyl (C=O) groups excluding carboxylic acids is 1. The van der Waals surface area contributed by atoms with Gasteiger partial charge < -0.3 is 10.1 Å². The number of aryl methyl sites for hydroxylation is 2. The number of hydrogen-bond donors (Lipinski definition) is 1. The molecule has 1 amide bonds. The Balaban J connectivity index is 2.08. The van der Waals surface area contributed by atoms with E-state index < -0.39 is 11.5 Å². The van der Waals surface area contributed by atoms with Gasteiger partial charge in [-0.1, -0.05) is 12.1 Å². The van der Waals surface area contributed by atoms with Crippen LogP contribution in [-0.4, -0.2) is 27.4 Å². The Morgan fingerprint density at radius 3 is 2.64 bits per heavy atom. The summed E-state index contributed by atoms with van der Waals surface area (Å²) in [5, 5.41) is 6.71. The fourth-order valence-electron chi connectivity index (χ4n) is 2.60. The summed E-state index contributed by atoms with van der Waals surface area (Å²) in [5.41, 5.74) is 0.833. The molecule has 0 spiro atoms. The molecule has 0 aliphatic carbocycles. The van der Waals surface area contributed by atoms with Gasteiger partial charge in [0.05, 0.1) is 19.0 Å². The van der Waals surface area contributed by atoms with E-state index in [-0.39, 0.29) is 5.56 Å². The van der Waals surface area contributed by atoms with Crippen LogP contribution in [-0.2, 0) is 7.05 Å². The van der Waals surface area contributed by atoms with Crippen molar-refractivity contribution in [3.63, 3.8) is 0 Å². The molecule has 128 valence electrons. The molecule has 0 radical (unpaired) electrons. The first kappa shape index (κ1) is 16.5. The number of carbonyl (C=O) groups is 1. The molecule has 2 aromatic heterocycles. The van der Waals surface area contributed by atoms with Crippen LogP contribution >= 0.6 is 0 Å². The topological polar surface area (TPSA) is 78.2 Å². The molecule has 0 atom stereocenters. The zero-order chi connectivity index (χ0) is 18.0. The number of pyridine rings is 1. The maximum atomic E-state index is 12.9. The number of nitrogens with zero attached hydrogens (tertiary/aromatic N) is 3. The van der Waals surface area contributed by atoms with E-state index in [1.54, 1.807) is 56.7 Å². The highest BCUT2D eigenvalue weighted by Gasteiger charge is 2.18. The second-order valence-corrected chi connectivity index (χ2v) is 5.51. The SMILES string of the molecule is COc1ccccc1-n1ccc(C)c(C(=O)Nc2ccnn2C)c1=O. The summed E-state index contributed by atoms with van der Waals surface area (Å²) in [7, 11) is 3.24. The maximum Gasteiger partial charge on any atom is 0.268 e. The summed E-state index contributed by atoms with van der Waals surface area (Å²) in [4.78, 5) is 25.6. The van der Waals surface area contributed by atoms with Crippen molar-refractivity contribution in [2.24, 2.45) is 7.05 Å². The number of amides is 1. The molecule has 0 fully saturated rings. The van der Waals surface area contributed by atoms with Crippen molar-refractivity contribution in [3.05, 3.63) is 70.3 Å². The fourth-order valence-corrected chi connectivity index (χ4v) is 2.60. The van der Waals surface area contributed by atoms with Crippen molar-refractivity contribution in [1.29, 1.82) is 0 Å². The van der Waals surface area contributed by atoms with Gasteiger partial charge in [0.15, 0.2) is 0 Å². The van der Waals surface area contributed by atoms with Gasteiger partial charge in [-0.3, -0.25) is 18.8 Å². The summed E-state index contributed by atoms with van der Waals surface area (Å²) in [6.45, 7) is 1.73. The average molecular weight is 338 g/mol. The molecule has 25 heavy (non-hydrogen) atoms. The van der Waals surface area contributed by atoms with Gasteiger partial charge in [-0.2, -0.15) is 5.10 Å². The Morgan fingerprint density at radius 2 is 1.96 bits per heavy atom. The van der Waals surface area contributed by atoms with Crippen LogP contribution in [0.25, 0.3) is 5.69 Å². The molecule has 0 unspecified atom stereocenters. The number of aromatic nitrogens is 3. The second-order valence-electron chi connectivity index (χ2n) is 5.51. The van der Waals surface area contributed by atoms with Crippen LogP contribution in [0.3, 0.4) is 0 Å². The monoisotopic (exact) mass is 338 g/mol. The van der Waals surface area contributed by atoms with Crippen molar-refractivity contribution >= 4 is 11.7 Å². The zero-order valence-electron chi connectivity index (χ0n) is 14.2. The summed E-state index contributed by atoms with van der Waals surface area (Å²) in [6, 6.07) is 10.5. The van der Waals surface area contributed by atoms with Crippen molar-refractivity contribution in [2.75, 3.05) is 12.4 Å². The van der Waals surface area contributed by atoms with Crippen molar-refractivity contribution in [3.8, 4) is 11.4 Å². The van der Waals surface area contributed by atoms with Gasteiger partial charge in [0, 0.05) is 19.3 Å². The molecule has 1 aromatic carbocycles. The number of nitrogens with one attached hydrogen (secondary N) is 1. The van der Waals surface area contributed by atoms with Crippen LogP contribution < -0.4 is 15.6 Å². The predicted octanol–water partition coefficient (Wildman–Crippen LogP) is 2.14. The third-order valence-electron chi connectivity index (χ3n) is 3.93. The van der Waals surface area contributed by atoms with Gasteiger partial charge in [-0.05, 0) is 30.7 Å². The van der Waals surface area contributed by atoms with E-state index in [1.165, 1.54) is 16.4 Å². The van der Waals surface area contributed by atoms with Crippen molar-refractivity contribution < 1.29 is 9.53 Å². The molecule has 2 heterocycles. The number of para-hydroxylation sites is 2. The quantitative estimate of drug-likeness (QED) is 0.790. The third kappa shape index (κ3) is 3.03. The summed E-state index contributed by atoms with van der Waals surface area (Å²) >= 11 is 0. The van der Waals surface area contributed by atoms with Gasteiger partial charge in [0.1, 0.15) is 17.1 Å². The van der Waals surface area contributed by atoms with Crippen molar-refractivity contribution in [1.82, 2.24) is 14.3 Å². The zero-order valence-corrected chi connectivity index (χ0v) is 14.2. The number of rotatable bonds is 4. The lowest BCUT2D eigenvalue weighted by molar-refractivity contribution is 0.102. The predicted molar refractivity (Wildman–Crippen MR) is 94.5 cm³/mol. The minimum Gasteiger partial charge on any atom is -0.495 e. The molecule has 0 saturated carbocycles. The van der Waals surface area contributed by atoms with Crippen LogP contribution in [0, 0.1) is 6.92 Å². The lowest BCUT2D eigenvalue weighted by atomic mass is 10.1. The molecule has 3 rings (SSSR count). The molecule has 3 aromatic rings. The summed E-state index contributed by atoms with van der Waals surface area (Å²) in [5.74, 6) is 0.582. The number of ether oxygens (including phenoxy) is 1. The molecule has 7 nitrogen and oxygen atoms in total. The average Bonchev–Trinajstić information content (AvgIpc) is 3.00. The second kappa shape index (κ2) is 6.64. The fraction of sp³-hybridized carbons (Fsp3) is 0.167.